The summed E-state index contributed by atoms with van der Waals surface area (Å²) in [5, 5.41) is 7.14. The van der Waals surface area contributed by atoms with Crippen molar-refractivity contribution >= 4 is 23.4 Å². The van der Waals surface area contributed by atoms with Crippen LogP contribution < -0.4 is 10.6 Å². The number of likely N-dealkylation sites (tertiary alicyclic amines) is 1. The first-order valence-corrected chi connectivity index (χ1v) is 10.4. The van der Waals surface area contributed by atoms with E-state index in [-0.39, 0.29) is 17.7 Å². The van der Waals surface area contributed by atoms with Gasteiger partial charge < -0.3 is 15.5 Å². The van der Waals surface area contributed by atoms with Crippen LogP contribution >= 0.6 is 11.6 Å². The lowest BCUT2D eigenvalue weighted by atomic mass is 9.99. The third-order valence-electron chi connectivity index (χ3n) is 5.52. The predicted molar refractivity (Wildman–Crippen MR) is 108 cm³/mol. The van der Waals surface area contributed by atoms with Crippen LogP contribution in [0.4, 0.5) is 0 Å². The Morgan fingerprint density at radius 2 is 1.74 bits per heavy atom. The fourth-order valence-electron chi connectivity index (χ4n) is 3.50. The van der Waals surface area contributed by atoms with Crippen LogP contribution in [0.5, 0.6) is 0 Å². The largest absolute Gasteiger partial charge is 0.341 e. The molecule has 2 amide bonds. The Hall–Kier alpha value is -1.59. The Morgan fingerprint density at radius 3 is 2.30 bits per heavy atom. The minimum atomic E-state index is -0.510. The second-order valence-corrected chi connectivity index (χ2v) is 8.59. The summed E-state index contributed by atoms with van der Waals surface area (Å²) < 4.78 is 0. The molecule has 0 aromatic heterocycles. The van der Waals surface area contributed by atoms with Crippen molar-refractivity contribution in [3.63, 3.8) is 0 Å². The first-order valence-electron chi connectivity index (χ1n) is 10.0. The molecule has 1 aliphatic carbocycles. The van der Waals surface area contributed by atoms with Crippen LogP contribution in [0.3, 0.4) is 0 Å². The monoisotopic (exact) mass is 391 g/mol. The standard InChI is InChI=1S/C21H30ClN3O2/c1-14(2)19(24-20(26)16-5-7-17(22)8-6-16)21(27)25-11-9-18(10-12-25)23-13-15-3-4-15/h5-8,14-15,18-19,23H,3-4,9-13H2,1-2H3,(H,24,26). The zero-order valence-electron chi connectivity index (χ0n) is 16.2. The quantitative estimate of drug-likeness (QED) is 0.750. The van der Waals surface area contributed by atoms with Gasteiger partial charge in [0.2, 0.25) is 5.91 Å². The highest BCUT2D eigenvalue weighted by molar-refractivity contribution is 6.30. The number of amides is 2. The average molecular weight is 392 g/mol. The fraction of sp³-hybridized carbons (Fsp3) is 0.619. The summed E-state index contributed by atoms with van der Waals surface area (Å²) in [6.45, 7) is 6.55. The highest BCUT2D eigenvalue weighted by atomic mass is 35.5. The fourth-order valence-corrected chi connectivity index (χ4v) is 3.62. The maximum Gasteiger partial charge on any atom is 0.251 e. The summed E-state index contributed by atoms with van der Waals surface area (Å²) >= 11 is 5.88. The summed E-state index contributed by atoms with van der Waals surface area (Å²) in [4.78, 5) is 27.4. The summed E-state index contributed by atoms with van der Waals surface area (Å²) in [5.74, 6) is 0.685. The summed E-state index contributed by atoms with van der Waals surface area (Å²) in [5.41, 5.74) is 0.515. The Morgan fingerprint density at radius 1 is 1.11 bits per heavy atom. The topological polar surface area (TPSA) is 61.4 Å². The second-order valence-electron chi connectivity index (χ2n) is 8.15. The van der Waals surface area contributed by atoms with Crippen LogP contribution in [0.2, 0.25) is 5.02 Å². The minimum absolute atomic E-state index is 0.0213. The predicted octanol–water partition coefficient (Wildman–Crippen LogP) is 3.09. The van der Waals surface area contributed by atoms with Crippen LogP contribution in [0, 0.1) is 11.8 Å². The van der Waals surface area contributed by atoms with Gasteiger partial charge in [-0.3, -0.25) is 9.59 Å². The Balaban J connectivity index is 1.53. The molecular formula is C21H30ClN3O2. The molecule has 5 nitrogen and oxygen atoms in total. The van der Waals surface area contributed by atoms with Crippen molar-refractivity contribution < 1.29 is 9.59 Å². The molecule has 2 N–H and O–H groups in total. The van der Waals surface area contributed by atoms with E-state index in [2.05, 4.69) is 10.6 Å². The Bertz CT molecular complexity index is 650. The van der Waals surface area contributed by atoms with E-state index in [0.717, 1.165) is 38.4 Å². The molecule has 0 bridgehead atoms. The third kappa shape index (κ3) is 5.69. The number of carbonyl (C=O) groups is 2. The van der Waals surface area contributed by atoms with E-state index >= 15 is 0 Å². The number of carbonyl (C=O) groups excluding carboxylic acids is 2. The van der Waals surface area contributed by atoms with E-state index in [9.17, 15) is 9.59 Å². The molecular weight excluding hydrogens is 362 g/mol. The van der Waals surface area contributed by atoms with Crippen LogP contribution in [0.15, 0.2) is 24.3 Å². The molecule has 6 heteroatoms. The molecule has 2 fully saturated rings. The SMILES string of the molecule is CC(C)C(NC(=O)c1ccc(Cl)cc1)C(=O)N1CCC(NCC2CC2)CC1. The van der Waals surface area contributed by atoms with Crippen molar-refractivity contribution in [3.8, 4) is 0 Å². The van der Waals surface area contributed by atoms with Gasteiger partial charge in [-0.15, -0.1) is 0 Å². The number of hydrogen-bond donors (Lipinski definition) is 2. The summed E-state index contributed by atoms with van der Waals surface area (Å²) in [7, 11) is 0. The smallest absolute Gasteiger partial charge is 0.251 e. The third-order valence-corrected chi connectivity index (χ3v) is 5.78. The number of nitrogens with zero attached hydrogens (tertiary/aromatic N) is 1. The van der Waals surface area contributed by atoms with Gasteiger partial charge in [0.05, 0.1) is 0 Å². The first-order chi connectivity index (χ1) is 12.9. The molecule has 1 heterocycles. The highest BCUT2D eigenvalue weighted by Gasteiger charge is 2.32. The van der Waals surface area contributed by atoms with Crippen molar-refractivity contribution in [1.82, 2.24) is 15.5 Å². The van der Waals surface area contributed by atoms with Gasteiger partial charge >= 0.3 is 0 Å². The average Bonchev–Trinajstić information content (AvgIpc) is 3.49. The van der Waals surface area contributed by atoms with Crippen molar-refractivity contribution in [3.05, 3.63) is 34.9 Å². The van der Waals surface area contributed by atoms with Crippen molar-refractivity contribution in [1.29, 1.82) is 0 Å². The molecule has 1 unspecified atom stereocenters. The number of nitrogens with one attached hydrogen (secondary N) is 2. The van der Waals surface area contributed by atoms with E-state index in [1.807, 2.05) is 18.7 Å². The lowest BCUT2D eigenvalue weighted by Crippen LogP contribution is -2.54. The van der Waals surface area contributed by atoms with Gasteiger partial charge in [-0.05, 0) is 68.3 Å². The maximum absolute atomic E-state index is 13.0. The minimum Gasteiger partial charge on any atom is -0.341 e. The first kappa shape index (κ1) is 20.2. The summed E-state index contributed by atoms with van der Waals surface area (Å²) in [6.07, 6.45) is 4.67. The van der Waals surface area contributed by atoms with Gasteiger partial charge in [0.1, 0.15) is 6.04 Å². The molecule has 3 rings (SSSR count). The van der Waals surface area contributed by atoms with E-state index in [1.165, 1.54) is 12.8 Å². The van der Waals surface area contributed by atoms with Crippen LogP contribution in [-0.2, 0) is 4.79 Å². The van der Waals surface area contributed by atoms with Crippen LogP contribution in [-0.4, -0.2) is 48.4 Å². The lowest BCUT2D eigenvalue weighted by molar-refractivity contribution is -0.135. The Kier molecular flexibility index (Phi) is 6.77. The zero-order valence-corrected chi connectivity index (χ0v) is 17.0. The highest BCUT2D eigenvalue weighted by Crippen LogP contribution is 2.28. The number of benzene rings is 1. The van der Waals surface area contributed by atoms with Gasteiger partial charge in [-0.25, -0.2) is 0 Å². The molecule has 148 valence electrons. The number of halogens is 1. The van der Waals surface area contributed by atoms with Gasteiger partial charge in [0.15, 0.2) is 0 Å². The maximum atomic E-state index is 13.0. The van der Waals surface area contributed by atoms with Gasteiger partial charge in [0.25, 0.3) is 5.91 Å². The normalized spacial score (nSPS) is 19.2. The number of rotatable bonds is 7. The Labute approximate surface area is 166 Å². The van der Waals surface area contributed by atoms with Gasteiger partial charge in [0, 0.05) is 29.7 Å². The molecule has 1 aromatic rings. The lowest BCUT2D eigenvalue weighted by Gasteiger charge is -2.35. The van der Waals surface area contributed by atoms with Crippen molar-refractivity contribution in [2.24, 2.45) is 11.8 Å². The molecule has 1 saturated carbocycles. The van der Waals surface area contributed by atoms with Crippen molar-refractivity contribution in [2.45, 2.75) is 51.6 Å². The van der Waals surface area contributed by atoms with Crippen molar-refractivity contribution in [2.75, 3.05) is 19.6 Å². The van der Waals surface area contributed by atoms with Crippen LogP contribution in [0.1, 0.15) is 49.9 Å². The van der Waals surface area contributed by atoms with Gasteiger partial charge in [-0.1, -0.05) is 25.4 Å². The van der Waals surface area contributed by atoms with E-state index in [0.29, 0.717) is 16.6 Å². The van der Waals surface area contributed by atoms with Crippen LogP contribution in [0.25, 0.3) is 0 Å². The number of piperidine rings is 1. The second kappa shape index (κ2) is 9.07. The van der Waals surface area contributed by atoms with E-state index in [1.54, 1.807) is 24.3 Å². The van der Waals surface area contributed by atoms with E-state index < -0.39 is 6.04 Å². The molecule has 0 radical (unpaired) electrons. The molecule has 1 aliphatic heterocycles. The molecule has 0 spiro atoms. The summed E-state index contributed by atoms with van der Waals surface area (Å²) in [6, 6.07) is 6.72. The molecule has 27 heavy (non-hydrogen) atoms. The molecule has 1 aromatic carbocycles. The number of hydrogen-bond acceptors (Lipinski definition) is 3. The molecule has 1 atom stereocenters. The van der Waals surface area contributed by atoms with Gasteiger partial charge in [-0.2, -0.15) is 0 Å². The zero-order chi connectivity index (χ0) is 19.4. The van der Waals surface area contributed by atoms with E-state index in [4.69, 9.17) is 11.6 Å². The molecule has 2 aliphatic rings. The molecule has 1 saturated heterocycles.